The molecule has 0 spiro atoms. The SMILES string of the molecule is CC(C)(NC(=O)CCN)c1ccc(Br)cc1. The van der Waals surface area contributed by atoms with Gasteiger partial charge in [0.2, 0.25) is 5.91 Å². The van der Waals surface area contributed by atoms with Crippen molar-refractivity contribution < 1.29 is 4.79 Å². The molecule has 1 amide bonds. The van der Waals surface area contributed by atoms with Crippen molar-refractivity contribution in [3.05, 3.63) is 34.3 Å². The molecule has 3 nitrogen and oxygen atoms in total. The van der Waals surface area contributed by atoms with E-state index < -0.39 is 0 Å². The fourth-order valence-corrected chi connectivity index (χ4v) is 1.75. The van der Waals surface area contributed by atoms with E-state index in [0.717, 1.165) is 10.0 Å². The number of nitrogens with two attached hydrogens (primary N) is 1. The van der Waals surface area contributed by atoms with Crippen molar-refractivity contribution in [3.63, 3.8) is 0 Å². The summed E-state index contributed by atoms with van der Waals surface area (Å²) in [7, 11) is 0. The van der Waals surface area contributed by atoms with Gasteiger partial charge in [0.15, 0.2) is 0 Å². The Labute approximate surface area is 105 Å². The second-order valence-electron chi connectivity index (χ2n) is 4.22. The predicted octanol–water partition coefficient (Wildman–Crippen LogP) is 2.15. The molecule has 0 radical (unpaired) electrons. The third-order valence-corrected chi connectivity index (χ3v) is 2.92. The van der Waals surface area contributed by atoms with Crippen LogP contribution in [0.15, 0.2) is 28.7 Å². The molecule has 0 fully saturated rings. The van der Waals surface area contributed by atoms with Gasteiger partial charge in [-0.3, -0.25) is 4.79 Å². The first kappa shape index (κ1) is 13.2. The van der Waals surface area contributed by atoms with Gasteiger partial charge in [-0.25, -0.2) is 0 Å². The van der Waals surface area contributed by atoms with Crippen LogP contribution in [0.2, 0.25) is 0 Å². The van der Waals surface area contributed by atoms with Crippen molar-refractivity contribution in [2.75, 3.05) is 6.54 Å². The van der Waals surface area contributed by atoms with Crippen LogP contribution >= 0.6 is 15.9 Å². The molecule has 0 saturated heterocycles. The molecule has 1 aromatic carbocycles. The zero-order valence-electron chi connectivity index (χ0n) is 9.59. The Bertz CT molecular complexity index is 360. The summed E-state index contributed by atoms with van der Waals surface area (Å²) in [4.78, 5) is 11.5. The number of carbonyl (C=O) groups is 1. The number of nitrogens with one attached hydrogen (secondary N) is 1. The van der Waals surface area contributed by atoms with Crippen LogP contribution in [0.3, 0.4) is 0 Å². The Morgan fingerprint density at radius 1 is 1.38 bits per heavy atom. The predicted molar refractivity (Wildman–Crippen MR) is 69.0 cm³/mol. The number of halogens is 1. The molecule has 0 aliphatic rings. The highest BCUT2D eigenvalue weighted by Gasteiger charge is 2.21. The van der Waals surface area contributed by atoms with E-state index in [9.17, 15) is 4.79 Å². The van der Waals surface area contributed by atoms with Crippen LogP contribution in [-0.2, 0) is 10.3 Å². The van der Waals surface area contributed by atoms with Crippen molar-refractivity contribution >= 4 is 21.8 Å². The summed E-state index contributed by atoms with van der Waals surface area (Å²) in [6, 6.07) is 7.91. The second-order valence-corrected chi connectivity index (χ2v) is 5.13. The molecule has 3 N–H and O–H groups in total. The molecule has 1 rings (SSSR count). The Balaban J connectivity index is 2.76. The zero-order chi connectivity index (χ0) is 12.2. The lowest BCUT2D eigenvalue weighted by molar-refractivity contribution is -0.122. The van der Waals surface area contributed by atoms with E-state index in [-0.39, 0.29) is 11.4 Å². The van der Waals surface area contributed by atoms with Crippen LogP contribution in [0.5, 0.6) is 0 Å². The molecule has 0 unspecified atom stereocenters. The molecule has 0 bridgehead atoms. The molecule has 1 aromatic rings. The first-order valence-electron chi connectivity index (χ1n) is 5.23. The monoisotopic (exact) mass is 284 g/mol. The summed E-state index contributed by atoms with van der Waals surface area (Å²) >= 11 is 3.38. The van der Waals surface area contributed by atoms with E-state index in [1.807, 2.05) is 38.1 Å². The van der Waals surface area contributed by atoms with Gasteiger partial charge in [-0.2, -0.15) is 0 Å². The maximum Gasteiger partial charge on any atom is 0.221 e. The lowest BCUT2D eigenvalue weighted by Gasteiger charge is -2.27. The Hall–Kier alpha value is -0.870. The van der Waals surface area contributed by atoms with Crippen molar-refractivity contribution in [3.8, 4) is 0 Å². The van der Waals surface area contributed by atoms with Crippen molar-refractivity contribution in [1.29, 1.82) is 0 Å². The Morgan fingerprint density at radius 2 is 1.94 bits per heavy atom. The van der Waals surface area contributed by atoms with E-state index in [0.29, 0.717) is 13.0 Å². The number of hydrogen-bond acceptors (Lipinski definition) is 2. The third kappa shape index (κ3) is 3.61. The Morgan fingerprint density at radius 3 is 2.44 bits per heavy atom. The summed E-state index contributed by atoms with van der Waals surface area (Å²) in [5.74, 6) is -0.0181. The summed E-state index contributed by atoms with van der Waals surface area (Å²) < 4.78 is 1.03. The fraction of sp³-hybridized carbons (Fsp3) is 0.417. The van der Waals surface area contributed by atoms with E-state index in [2.05, 4.69) is 21.2 Å². The molecule has 16 heavy (non-hydrogen) atoms. The molecule has 0 aromatic heterocycles. The number of rotatable bonds is 4. The topological polar surface area (TPSA) is 55.1 Å². The molecular weight excluding hydrogens is 268 g/mol. The first-order valence-corrected chi connectivity index (χ1v) is 6.02. The highest BCUT2D eigenvalue weighted by atomic mass is 79.9. The van der Waals surface area contributed by atoms with Gasteiger partial charge < -0.3 is 11.1 Å². The lowest BCUT2D eigenvalue weighted by atomic mass is 9.94. The van der Waals surface area contributed by atoms with Gasteiger partial charge in [0.05, 0.1) is 5.54 Å². The minimum absolute atomic E-state index is 0.0181. The lowest BCUT2D eigenvalue weighted by Crippen LogP contribution is -2.41. The van der Waals surface area contributed by atoms with Gasteiger partial charge >= 0.3 is 0 Å². The minimum atomic E-state index is -0.368. The largest absolute Gasteiger partial charge is 0.347 e. The van der Waals surface area contributed by atoms with E-state index in [4.69, 9.17) is 5.73 Å². The standard InChI is InChI=1S/C12H17BrN2O/c1-12(2,15-11(16)7-8-14)9-3-5-10(13)6-4-9/h3-6H,7-8,14H2,1-2H3,(H,15,16). The molecule has 4 heteroatoms. The van der Waals surface area contributed by atoms with Crippen molar-refractivity contribution in [2.45, 2.75) is 25.8 Å². The highest BCUT2D eigenvalue weighted by molar-refractivity contribution is 9.10. The van der Waals surface area contributed by atoms with Crippen molar-refractivity contribution in [1.82, 2.24) is 5.32 Å². The van der Waals surface area contributed by atoms with Gasteiger partial charge in [0.1, 0.15) is 0 Å². The average molecular weight is 285 g/mol. The van der Waals surface area contributed by atoms with Gasteiger partial charge in [-0.05, 0) is 31.5 Å². The van der Waals surface area contributed by atoms with Crippen LogP contribution in [0, 0.1) is 0 Å². The van der Waals surface area contributed by atoms with E-state index >= 15 is 0 Å². The molecule has 0 aliphatic heterocycles. The van der Waals surface area contributed by atoms with Crippen LogP contribution in [0.1, 0.15) is 25.8 Å². The minimum Gasteiger partial charge on any atom is -0.347 e. The van der Waals surface area contributed by atoms with Crippen LogP contribution in [0.4, 0.5) is 0 Å². The van der Waals surface area contributed by atoms with Crippen LogP contribution in [0.25, 0.3) is 0 Å². The second kappa shape index (κ2) is 5.46. The fourth-order valence-electron chi connectivity index (χ4n) is 1.48. The number of amides is 1. The van der Waals surface area contributed by atoms with Gasteiger partial charge in [-0.15, -0.1) is 0 Å². The first-order chi connectivity index (χ1) is 7.45. The van der Waals surface area contributed by atoms with Crippen LogP contribution in [-0.4, -0.2) is 12.5 Å². The summed E-state index contributed by atoms with van der Waals surface area (Å²) in [6.07, 6.45) is 0.361. The maximum absolute atomic E-state index is 11.5. The summed E-state index contributed by atoms with van der Waals surface area (Å²) in [6.45, 7) is 4.33. The number of carbonyl (C=O) groups excluding carboxylic acids is 1. The van der Waals surface area contributed by atoms with Gasteiger partial charge in [-0.1, -0.05) is 28.1 Å². The smallest absolute Gasteiger partial charge is 0.221 e. The number of hydrogen-bond donors (Lipinski definition) is 2. The molecule has 0 atom stereocenters. The normalized spacial score (nSPS) is 11.2. The quantitative estimate of drug-likeness (QED) is 0.890. The number of benzene rings is 1. The molecule has 0 saturated carbocycles. The van der Waals surface area contributed by atoms with Gasteiger partial charge in [0.25, 0.3) is 0 Å². The third-order valence-electron chi connectivity index (χ3n) is 2.39. The molecule has 88 valence electrons. The summed E-state index contributed by atoms with van der Waals surface area (Å²) in [5, 5.41) is 2.96. The highest BCUT2D eigenvalue weighted by Crippen LogP contribution is 2.22. The molecule has 0 aliphatic carbocycles. The van der Waals surface area contributed by atoms with Crippen molar-refractivity contribution in [2.24, 2.45) is 5.73 Å². The van der Waals surface area contributed by atoms with E-state index in [1.165, 1.54) is 0 Å². The maximum atomic E-state index is 11.5. The van der Waals surface area contributed by atoms with Crippen LogP contribution < -0.4 is 11.1 Å². The summed E-state index contributed by atoms with van der Waals surface area (Å²) in [5.41, 5.74) is 6.04. The zero-order valence-corrected chi connectivity index (χ0v) is 11.2. The molecule has 0 heterocycles. The molecular formula is C12H17BrN2O. The Kier molecular flexibility index (Phi) is 4.50. The van der Waals surface area contributed by atoms with Gasteiger partial charge in [0, 0.05) is 17.4 Å². The van der Waals surface area contributed by atoms with E-state index in [1.54, 1.807) is 0 Å². The average Bonchev–Trinajstić information content (AvgIpc) is 2.17.